The Morgan fingerprint density at radius 3 is 2.65 bits per heavy atom. The normalized spacial score (nSPS) is 24.6. The summed E-state index contributed by atoms with van der Waals surface area (Å²) < 4.78 is 0. The predicted octanol–water partition coefficient (Wildman–Crippen LogP) is 2.26. The van der Waals surface area contributed by atoms with Crippen LogP contribution in [0.3, 0.4) is 0 Å². The standard InChI is InChI=1S/C13H24ClNO2/c1-13(2,3)10-4-5-12(17)15(7-6-10)9-11(16)8-14/h10-11,16H,4-9H2,1-3H3. The number of alkyl halides is 1. The lowest BCUT2D eigenvalue weighted by Crippen LogP contribution is -2.38. The first kappa shape index (κ1) is 14.8. The van der Waals surface area contributed by atoms with E-state index in [-0.39, 0.29) is 17.2 Å². The Morgan fingerprint density at radius 1 is 1.47 bits per heavy atom. The van der Waals surface area contributed by atoms with Crippen LogP contribution < -0.4 is 0 Å². The van der Waals surface area contributed by atoms with Crippen molar-refractivity contribution in [2.24, 2.45) is 11.3 Å². The molecule has 1 N–H and O–H groups in total. The molecule has 0 saturated carbocycles. The molecule has 0 aliphatic carbocycles. The highest BCUT2D eigenvalue weighted by Crippen LogP contribution is 2.34. The van der Waals surface area contributed by atoms with Gasteiger partial charge in [0.2, 0.25) is 5.91 Å². The third-order valence-corrected chi connectivity index (χ3v) is 4.00. The van der Waals surface area contributed by atoms with Gasteiger partial charge in [0.05, 0.1) is 12.0 Å². The maximum Gasteiger partial charge on any atom is 0.222 e. The molecule has 0 bridgehead atoms. The van der Waals surface area contributed by atoms with Crippen molar-refractivity contribution in [3.63, 3.8) is 0 Å². The Balaban J connectivity index is 2.58. The summed E-state index contributed by atoms with van der Waals surface area (Å²) in [5.74, 6) is 0.914. The number of aliphatic hydroxyl groups excluding tert-OH is 1. The number of carbonyl (C=O) groups excluding carboxylic acids is 1. The number of hydrogen-bond donors (Lipinski definition) is 1. The molecule has 1 heterocycles. The summed E-state index contributed by atoms with van der Waals surface area (Å²) >= 11 is 5.57. The van der Waals surface area contributed by atoms with Crippen LogP contribution in [0.25, 0.3) is 0 Å². The van der Waals surface area contributed by atoms with Gasteiger partial charge in [0.15, 0.2) is 0 Å². The van der Waals surface area contributed by atoms with Crippen molar-refractivity contribution in [3.05, 3.63) is 0 Å². The lowest BCUT2D eigenvalue weighted by Gasteiger charge is -2.29. The topological polar surface area (TPSA) is 40.5 Å². The summed E-state index contributed by atoms with van der Waals surface area (Å²) in [6.45, 7) is 7.80. The molecule has 2 unspecified atom stereocenters. The largest absolute Gasteiger partial charge is 0.390 e. The fourth-order valence-corrected chi connectivity index (χ4v) is 2.50. The van der Waals surface area contributed by atoms with Gasteiger partial charge in [-0.2, -0.15) is 0 Å². The second-order valence-electron chi connectivity index (χ2n) is 6.04. The van der Waals surface area contributed by atoms with Crippen LogP contribution in [-0.4, -0.2) is 41.0 Å². The van der Waals surface area contributed by atoms with Crippen LogP contribution in [0, 0.1) is 11.3 Å². The number of halogens is 1. The zero-order valence-electron chi connectivity index (χ0n) is 11.1. The molecule has 1 aliphatic rings. The van der Waals surface area contributed by atoms with Gasteiger partial charge in [0, 0.05) is 19.5 Å². The summed E-state index contributed by atoms with van der Waals surface area (Å²) in [6.07, 6.45) is 1.96. The third-order valence-electron chi connectivity index (χ3n) is 3.64. The first-order valence-electron chi connectivity index (χ1n) is 6.36. The molecule has 0 radical (unpaired) electrons. The van der Waals surface area contributed by atoms with Crippen LogP contribution in [-0.2, 0) is 4.79 Å². The van der Waals surface area contributed by atoms with Crippen LogP contribution >= 0.6 is 11.6 Å². The molecule has 2 atom stereocenters. The van der Waals surface area contributed by atoms with E-state index in [4.69, 9.17) is 11.6 Å². The van der Waals surface area contributed by atoms with Gasteiger partial charge >= 0.3 is 0 Å². The van der Waals surface area contributed by atoms with Crippen LogP contribution in [0.15, 0.2) is 0 Å². The number of likely N-dealkylation sites (tertiary alicyclic amines) is 1. The van der Waals surface area contributed by atoms with Crippen LogP contribution in [0.5, 0.6) is 0 Å². The van der Waals surface area contributed by atoms with Gasteiger partial charge in [-0.25, -0.2) is 0 Å². The molecule has 0 aromatic carbocycles. The molecule has 17 heavy (non-hydrogen) atoms. The maximum absolute atomic E-state index is 11.9. The van der Waals surface area contributed by atoms with Gasteiger partial charge < -0.3 is 10.0 Å². The lowest BCUT2D eigenvalue weighted by atomic mass is 9.77. The smallest absolute Gasteiger partial charge is 0.222 e. The van der Waals surface area contributed by atoms with Gasteiger partial charge in [0.1, 0.15) is 0 Å². The molecule has 3 nitrogen and oxygen atoms in total. The van der Waals surface area contributed by atoms with Crippen molar-refractivity contribution >= 4 is 17.5 Å². The third kappa shape index (κ3) is 4.47. The van der Waals surface area contributed by atoms with Crippen molar-refractivity contribution in [3.8, 4) is 0 Å². The highest BCUT2D eigenvalue weighted by molar-refractivity contribution is 6.18. The van der Waals surface area contributed by atoms with E-state index >= 15 is 0 Å². The first-order chi connectivity index (χ1) is 7.84. The fourth-order valence-electron chi connectivity index (χ4n) is 2.40. The van der Waals surface area contributed by atoms with E-state index in [0.29, 0.717) is 18.9 Å². The zero-order valence-corrected chi connectivity index (χ0v) is 11.8. The molecule has 1 aliphatic heterocycles. The molecular weight excluding hydrogens is 238 g/mol. The zero-order chi connectivity index (χ0) is 13.1. The van der Waals surface area contributed by atoms with Crippen LogP contribution in [0.2, 0.25) is 0 Å². The average Bonchev–Trinajstić information content (AvgIpc) is 2.41. The minimum atomic E-state index is -0.605. The van der Waals surface area contributed by atoms with Gasteiger partial charge in [-0.1, -0.05) is 20.8 Å². The Labute approximate surface area is 109 Å². The van der Waals surface area contributed by atoms with Crippen molar-refractivity contribution in [2.45, 2.75) is 46.1 Å². The fraction of sp³-hybridized carbons (Fsp3) is 0.923. The monoisotopic (exact) mass is 261 g/mol. The molecular formula is C13H24ClNO2. The van der Waals surface area contributed by atoms with Gasteiger partial charge in [-0.15, -0.1) is 11.6 Å². The van der Waals surface area contributed by atoms with E-state index in [9.17, 15) is 9.90 Å². The van der Waals surface area contributed by atoms with Crippen molar-refractivity contribution in [1.29, 1.82) is 0 Å². The Kier molecular flexibility index (Phi) is 5.26. The quantitative estimate of drug-likeness (QED) is 0.792. The molecule has 100 valence electrons. The highest BCUT2D eigenvalue weighted by atomic mass is 35.5. The van der Waals surface area contributed by atoms with Crippen LogP contribution in [0.4, 0.5) is 0 Å². The molecule has 1 fully saturated rings. The van der Waals surface area contributed by atoms with Crippen molar-refractivity contribution in [1.82, 2.24) is 4.90 Å². The average molecular weight is 262 g/mol. The van der Waals surface area contributed by atoms with Crippen molar-refractivity contribution < 1.29 is 9.90 Å². The molecule has 1 saturated heterocycles. The second-order valence-corrected chi connectivity index (χ2v) is 6.35. The highest BCUT2D eigenvalue weighted by Gasteiger charge is 2.30. The number of hydrogen-bond acceptors (Lipinski definition) is 2. The van der Waals surface area contributed by atoms with Crippen LogP contribution in [0.1, 0.15) is 40.0 Å². The Morgan fingerprint density at radius 2 is 2.12 bits per heavy atom. The number of carbonyl (C=O) groups is 1. The molecule has 1 amide bonds. The molecule has 0 spiro atoms. The number of aliphatic hydroxyl groups is 1. The number of β-amino-alcohol motifs (C(OH)–C–C–N with tert-alkyl or cyclic N) is 1. The van der Waals surface area contributed by atoms with Gasteiger partial charge in [-0.05, 0) is 24.2 Å². The SMILES string of the molecule is CC(C)(C)C1CCC(=O)N(CC(O)CCl)CC1. The number of rotatable bonds is 3. The Bertz CT molecular complexity index is 263. The van der Waals surface area contributed by atoms with E-state index in [1.807, 2.05) is 0 Å². The summed E-state index contributed by atoms with van der Waals surface area (Å²) in [6, 6.07) is 0. The van der Waals surface area contributed by atoms with E-state index < -0.39 is 6.10 Å². The summed E-state index contributed by atoms with van der Waals surface area (Å²) in [5.41, 5.74) is 0.251. The van der Waals surface area contributed by atoms with E-state index in [2.05, 4.69) is 20.8 Å². The molecule has 4 heteroatoms. The van der Waals surface area contributed by atoms with Crippen molar-refractivity contribution in [2.75, 3.05) is 19.0 Å². The number of amides is 1. The Hall–Kier alpha value is -0.280. The minimum Gasteiger partial charge on any atom is -0.390 e. The molecule has 0 aromatic rings. The summed E-state index contributed by atoms with van der Waals surface area (Å²) in [5, 5.41) is 9.52. The van der Waals surface area contributed by atoms with E-state index in [1.54, 1.807) is 4.90 Å². The molecule has 0 aromatic heterocycles. The number of nitrogens with zero attached hydrogens (tertiary/aromatic N) is 1. The first-order valence-corrected chi connectivity index (χ1v) is 6.90. The van der Waals surface area contributed by atoms with Gasteiger partial charge in [0.25, 0.3) is 0 Å². The maximum atomic E-state index is 11.9. The summed E-state index contributed by atoms with van der Waals surface area (Å²) in [7, 11) is 0. The molecule has 1 rings (SSSR count). The predicted molar refractivity (Wildman–Crippen MR) is 70.1 cm³/mol. The van der Waals surface area contributed by atoms with Gasteiger partial charge in [-0.3, -0.25) is 4.79 Å². The second kappa shape index (κ2) is 6.05. The van der Waals surface area contributed by atoms with E-state index in [0.717, 1.165) is 19.4 Å². The van der Waals surface area contributed by atoms with E-state index in [1.165, 1.54) is 0 Å². The minimum absolute atomic E-state index is 0.154. The lowest BCUT2D eigenvalue weighted by molar-refractivity contribution is -0.131. The summed E-state index contributed by atoms with van der Waals surface area (Å²) in [4.78, 5) is 13.7.